The van der Waals surface area contributed by atoms with Crippen molar-refractivity contribution in [3.05, 3.63) is 42.0 Å². The van der Waals surface area contributed by atoms with E-state index in [-0.39, 0.29) is 5.60 Å². The number of fused-ring (bicyclic) bond motifs is 1. The summed E-state index contributed by atoms with van der Waals surface area (Å²) < 4.78 is 11.2. The summed E-state index contributed by atoms with van der Waals surface area (Å²) in [5.41, 5.74) is 1.38. The first-order valence-electron chi connectivity index (χ1n) is 7.44. The topological polar surface area (TPSA) is 18.5 Å². The Bertz CT molecular complexity index is 629. The molecule has 0 spiro atoms. The van der Waals surface area contributed by atoms with Gasteiger partial charge in [0.15, 0.2) is 0 Å². The molecule has 1 fully saturated rings. The number of ether oxygens (including phenoxy) is 2. The molecule has 3 rings (SSSR count). The molecule has 1 atom stereocenters. The first kappa shape index (κ1) is 14.9. The van der Waals surface area contributed by atoms with Crippen LogP contribution in [0.25, 0.3) is 10.8 Å². The van der Waals surface area contributed by atoms with Gasteiger partial charge in [0.2, 0.25) is 0 Å². The number of methoxy groups -OCH3 is 2. The third-order valence-electron chi connectivity index (χ3n) is 4.72. The monoisotopic (exact) mass is 348 g/mol. The number of rotatable bonds is 5. The van der Waals surface area contributed by atoms with E-state index in [1.807, 2.05) is 7.11 Å². The van der Waals surface area contributed by atoms with Gasteiger partial charge in [0.1, 0.15) is 5.75 Å². The van der Waals surface area contributed by atoms with Gasteiger partial charge < -0.3 is 9.47 Å². The lowest BCUT2D eigenvalue weighted by atomic mass is 9.76. The molecule has 0 radical (unpaired) electrons. The van der Waals surface area contributed by atoms with E-state index in [2.05, 4.69) is 52.3 Å². The van der Waals surface area contributed by atoms with E-state index in [0.29, 0.717) is 4.83 Å². The van der Waals surface area contributed by atoms with Gasteiger partial charge in [0.25, 0.3) is 0 Å². The summed E-state index contributed by atoms with van der Waals surface area (Å²) in [6.07, 6.45) is 4.62. The third-order valence-corrected chi connectivity index (χ3v) is 5.54. The number of alkyl halides is 1. The first-order chi connectivity index (χ1) is 10.2. The average molecular weight is 349 g/mol. The minimum Gasteiger partial charge on any atom is -0.496 e. The predicted molar refractivity (Wildman–Crippen MR) is 90.4 cm³/mol. The second kappa shape index (κ2) is 5.98. The molecule has 0 amide bonds. The molecule has 1 aliphatic rings. The van der Waals surface area contributed by atoms with Gasteiger partial charge >= 0.3 is 0 Å². The number of hydrogen-bond donors (Lipinski definition) is 0. The van der Waals surface area contributed by atoms with Crippen LogP contribution in [0, 0.1) is 0 Å². The standard InChI is InChI=1S/C18H21BrO2/c1-20-17-9-8-14(13-6-3-4-7-15(13)17)16(19)12-18(21-2)10-5-11-18/h3-4,6-9,16H,5,10-12H2,1-2H3. The zero-order valence-electron chi connectivity index (χ0n) is 12.6. The highest BCUT2D eigenvalue weighted by Crippen LogP contribution is 2.46. The van der Waals surface area contributed by atoms with Gasteiger partial charge in [0, 0.05) is 17.3 Å². The fraction of sp³-hybridized carbons (Fsp3) is 0.444. The summed E-state index contributed by atoms with van der Waals surface area (Å²) >= 11 is 3.88. The predicted octanol–water partition coefficient (Wildman–Crippen LogP) is 5.24. The molecule has 0 aliphatic heterocycles. The summed E-state index contributed by atoms with van der Waals surface area (Å²) in [7, 11) is 3.56. The minimum atomic E-state index is 0.0647. The summed E-state index contributed by atoms with van der Waals surface area (Å²) in [5, 5.41) is 2.42. The third kappa shape index (κ3) is 2.69. The Labute approximate surface area is 134 Å². The second-order valence-electron chi connectivity index (χ2n) is 5.81. The molecule has 1 saturated carbocycles. The Morgan fingerprint density at radius 2 is 1.81 bits per heavy atom. The molecule has 0 aromatic heterocycles. The van der Waals surface area contributed by atoms with Gasteiger partial charge in [-0.25, -0.2) is 0 Å². The van der Waals surface area contributed by atoms with Gasteiger partial charge in [-0.3, -0.25) is 0 Å². The summed E-state index contributed by atoms with van der Waals surface area (Å²) in [4.78, 5) is 0.300. The summed E-state index contributed by atoms with van der Waals surface area (Å²) in [6, 6.07) is 12.7. The van der Waals surface area contributed by atoms with E-state index in [0.717, 1.165) is 12.2 Å². The maximum atomic E-state index is 5.77. The van der Waals surface area contributed by atoms with Crippen LogP contribution in [0.4, 0.5) is 0 Å². The van der Waals surface area contributed by atoms with E-state index >= 15 is 0 Å². The maximum absolute atomic E-state index is 5.77. The zero-order chi connectivity index (χ0) is 14.9. The molecule has 0 bridgehead atoms. The van der Waals surface area contributed by atoms with Gasteiger partial charge in [-0.2, -0.15) is 0 Å². The molecule has 0 N–H and O–H groups in total. The van der Waals surface area contributed by atoms with Gasteiger partial charge in [-0.05, 0) is 42.7 Å². The van der Waals surface area contributed by atoms with E-state index in [9.17, 15) is 0 Å². The lowest BCUT2D eigenvalue weighted by Crippen LogP contribution is -2.39. The SMILES string of the molecule is COc1ccc(C(Br)CC2(OC)CCC2)c2ccccc12. The van der Waals surface area contributed by atoms with Crippen molar-refractivity contribution in [2.45, 2.75) is 36.1 Å². The van der Waals surface area contributed by atoms with Crippen molar-refractivity contribution in [1.29, 1.82) is 0 Å². The van der Waals surface area contributed by atoms with Crippen LogP contribution in [-0.4, -0.2) is 19.8 Å². The molecule has 0 saturated heterocycles. The number of hydrogen-bond acceptors (Lipinski definition) is 2. The molecule has 2 aromatic rings. The number of benzene rings is 2. The van der Waals surface area contributed by atoms with Crippen LogP contribution >= 0.6 is 15.9 Å². The van der Waals surface area contributed by atoms with Crippen molar-refractivity contribution in [3.8, 4) is 5.75 Å². The molecular weight excluding hydrogens is 328 g/mol. The van der Waals surface area contributed by atoms with Crippen LogP contribution in [0.15, 0.2) is 36.4 Å². The Kier molecular flexibility index (Phi) is 4.23. The lowest BCUT2D eigenvalue weighted by molar-refractivity contribution is -0.0772. The van der Waals surface area contributed by atoms with Gasteiger partial charge in [0.05, 0.1) is 12.7 Å². The zero-order valence-corrected chi connectivity index (χ0v) is 14.2. The highest BCUT2D eigenvalue weighted by molar-refractivity contribution is 9.09. The van der Waals surface area contributed by atoms with Crippen molar-refractivity contribution in [3.63, 3.8) is 0 Å². The Morgan fingerprint density at radius 1 is 1.10 bits per heavy atom. The Balaban J connectivity index is 1.96. The normalized spacial score (nSPS) is 18.2. The van der Waals surface area contributed by atoms with Crippen molar-refractivity contribution < 1.29 is 9.47 Å². The molecule has 2 aromatic carbocycles. The molecule has 1 unspecified atom stereocenters. The molecule has 2 nitrogen and oxygen atoms in total. The largest absolute Gasteiger partial charge is 0.496 e. The Morgan fingerprint density at radius 3 is 2.38 bits per heavy atom. The highest BCUT2D eigenvalue weighted by Gasteiger charge is 2.39. The average Bonchev–Trinajstić information content (AvgIpc) is 2.49. The van der Waals surface area contributed by atoms with E-state index in [1.54, 1.807) is 7.11 Å². The fourth-order valence-corrected chi connectivity index (χ4v) is 4.23. The van der Waals surface area contributed by atoms with Crippen molar-refractivity contribution in [1.82, 2.24) is 0 Å². The minimum absolute atomic E-state index is 0.0647. The summed E-state index contributed by atoms with van der Waals surface area (Å²) in [5.74, 6) is 0.930. The quantitative estimate of drug-likeness (QED) is 0.687. The molecule has 3 heteroatoms. The second-order valence-corrected chi connectivity index (χ2v) is 6.92. The van der Waals surface area contributed by atoms with E-state index in [1.165, 1.54) is 35.6 Å². The van der Waals surface area contributed by atoms with Crippen molar-refractivity contribution in [2.75, 3.05) is 14.2 Å². The van der Waals surface area contributed by atoms with Gasteiger partial charge in [-0.15, -0.1) is 0 Å². The van der Waals surface area contributed by atoms with Crippen LogP contribution in [0.3, 0.4) is 0 Å². The molecule has 0 heterocycles. The maximum Gasteiger partial charge on any atom is 0.126 e. The van der Waals surface area contributed by atoms with Crippen LogP contribution in [0.1, 0.15) is 36.1 Å². The Hall–Kier alpha value is -1.06. The number of halogens is 1. The molecule has 21 heavy (non-hydrogen) atoms. The molecule has 112 valence electrons. The van der Waals surface area contributed by atoms with Crippen molar-refractivity contribution in [2.24, 2.45) is 0 Å². The van der Waals surface area contributed by atoms with Crippen molar-refractivity contribution >= 4 is 26.7 Å². The summed E-state index contributed by atoms with van der Waals surface area (Å²) in [6.45, 7) is 0. The first-order valence-corrected chi connectivity index (χ1v) is 8.35. The molecule has 1 aliphatic carbocycles. The fourth-order valence-electron chi connectivity index (χ4n) is 3.25. The smallest absolute Gasteiger partial charge is 0.126 e. The van der Waals surface area contributed by atoms with Crippen LogP contribution in [-0.2, 0) is 4.74 Å². The van der Waals surface area contributed by atoms with E-state index in [4.69, 9.17) is 9.47 Å². The van der Waals surface area contributed by atoms with Crippen LogP contribution < -0.4 is 4.74 Å². The molecular formula is C18H21BrO2. The highest BCUT2D eigenvalue weighted by atomic mass is 79.9. The lowest BCUT2D eigenvalue weighted by Gasteiger charge is -2.42. The van der Waals surface area contributed by atoms with Crippen LogP contribution in [0.5, 0.6) is 5.75 Å². The van der Waals surface area contributed by atoms with E-state index < -0.39 is 0 Å². The van der Waals surface area contributed by atoms with Crippen LogP contribution in [0.2, 0.25) is 0 Å². The van der Waals surface area contributed by atoms with Gasteiger partial charge in [-0.1, -0.05) is 46.3 Å².